The van der Waals surface area contributed by atoms with E-state index in [4.69, 9.17) is 0 Å². The Balaban J connectivity index is 0.000000155. The molecule has 0 saturated heterocycles. The molecule has 0 unspecified atom stereocenters. The zero-order valence-electron chi connectivity index (χ0n) is 24.9. The summed E-state index contributed by atoms with van der Waals surface area (Å²) in [5.41, 5.74) is 0. The SMILES string of the molecule is [Ti+2].c1ccc(P(c2ccccc2)c2cc3ccccc3[cH-]2)cc1.c1ccc(P(c2ccccc2)c2cc3ccccc3[cH-]2)cc1. The summed E-state index contributed by atoms with van der Waals surface area (Å²) in [6, 6.07) is 70.0. The fourth-order valence-corrected chi connectivity index (χ4v) is 10.5. The Labute approximate surface area is 283 Å². The van der Waals surface area contributed by atoms with Crippen LogP contribution in [0, 0.1) is 0 Å². The van der Waals surface area contributed by atoms with E-state index in [9.17, 15) is 0 Å². The number of rotatable bonds is 6. The molecule has 0 atom stereocenters. The summed E-state index contributed by atoms with van der Waals surface area (Å²) in [4.78, 5) is 0. The van der Waals surface area contributed by atoms with Gasteiger partial charge in [-0.3, -0.25) is 0 Å². The predicted molar refractivity (Wildman–Crippen MR) is 196 cm³/mol. The molecule has 8 rings (SSSR count). The molecule has 0 heterocycles. The molecule has 0 spiro atoms. The number of fused-ring (bicyclic) bond motifs is 2. The predicted octanol–water partition coefficient (Wildman–Crippen LogP) is 8.63. The molecule has 0 aliphatic rings. The standard InChI is InChI=1S/2C21H16P.Ti/c2*1-3-11-19(12-4-1)22(20-13-5-2-6-14-20)21-15-17-9-7-8-10-18(17)16-21;/h2*1-16H;/q2*-1;+2. The maximum absolute atomic E-state index is 2.35. The Bertz CT molecular complexity index is 1770. The maximum atomic E-state index is 2.35. The molecule has 0 aliphatic carbocycles. The van der Waals surface area contributed by atoms with Crippen LogP contribution in [0.25, 0.3) is 21.5 Å². The maximum Gasteiger partial charge on any atom is 2.00 e. The van der Waals surface area contributed by atoms with Crippen LogP contribution in [0.2, 0.25) is 0 Å². The van der Waals surface area contributed by atoms with Crippen molar-refractivity contribution >= 4 is 69.2 Å². The Morgan fingerprint density at radius 1 is 0.311 bits per heavy atom. The zero-order chi connectivity index (χ0) is 29.6. The van der Waals surface area contributed by atoms with E-state index in [1.54, 1.807) is 0 Å². The Kier molecular flexibility index (Phi) is 10.3. The van der Waals surface area contributed by atoms with E-state index in [-0.39, 0.29) is 21.7 Å². The van der Waals surface area contributed by atoms with Crippen LogP contribution in [0.5, 0.6) is 0 Å². The first-order valence-corrected chi connectivity index (χ1v) is 17.6. The smallest absolute Gasteiger partial charge is 0.160 e. The minimum atomic E-state index is -0.493. The van der Waals surface area contributed by atoms with Crippen molar-refractivity contribution < 1.29 is 21.7 Å². The van der Waals surface area contributed by atoms with Crippen LogP contribution >= 0.6 is 15.8 Å². The van der Waals surface area contributed by atoms with E-state index in [2.05, 4.69) is 194 Å². The van der Waals surface area contributed by atoms with E-state index in [1.165, 1.54) is 53.4 Å². The van der Waals surface area contributed by atoms with Crippen molar-refractivity contribution in [1.82, 2.24) is 0 Å². The van der Waals surface area contributed by atoms with Crippen molar-refractivity contribution in [1.29, 1.82) is 0 Å². The first kappa shape index (κ1) is 31.1. The third kappa shape index (κ3) is 7.18. The molecular formula is C42H32P2Ti. The average Bonchev–Trinajstić information content (AvgIpc) is 3.72. The molecule has 0 aromatic heterocycles. The third-order valence-electron chi connectivity index (χ3n) is 7.78. The van der Waals surface area contributed by atoms with Gasteiger partial charge in [0.05, 0.1) is 0 Å². The summed E-state index contributed by atoms with van der Waals surface area (Å²) < 4.78 is 0. The van der Waals surface area contributed by atoms with Gasteiger partial charge in [0, 0.05) is 0 Å². The monoisotopic (exact) mass is 646 g/mol. The molecule has 0 amide bonds. The van der Waals surface area contributed by atoms with Crippen LogP contribution < -0.4 is 31.8 Å². The van der Waals surface area contributed by atoms with Crippen molar-refractivity contribution in [3.8, 4) is 0 Å². The normalized spacial score (nSPS) is 10.9. The quantitative estimate of drug-likeness (QED) is 0.0965. The molecule has 0 N–H and O–H groups in total. The summed E-state index contributed by atoms with van der Waals surface area (Å²) in [6.45, 7) is 0. The molecule has 0 radical (unpaired) electrons. The van der Waals surface area contributed by atoms with Crippen LogP contribution in [-0.2, 0) is 21.7 Å². The summed E-state index contributed by atoms with van der Waals surface area (Å²) in [6.07, 6.45) is 0. The van der Waals surface area contributed by atoms with Crippen molar-refractivity contribution in [2.24, 2.45) is 0 Å². The second-order valence-corrected chi connectivity index (χ2v) is 15.1. The molecule has 45 heavy (non-hydrogen) atoms. The van der Waals surface area contributed by atoms with Crippen LogP contribution in [0.4, 0.5) is 0 Å². The minimum absolute atomic E-state index is 0. The Hall–Kier alpha value is -3.89. The zero-order valence-corrected chi connectivity index (χ0v) is 28.2. The molecule has 0 saturated carbocycles. The van der Waals surface area contributed by atoms with E-state index < -0.39 is 15.8 Å². The van der Waals surface area contributed by atoms with Gasteiger partial charge in [-0.1, -0.05) is 133 Å². The third-order valence-corrected chi connectivity index (χ3v) is 12.6. The van der Waals surface area contributed by atoms with Gasteiger partial charge in [0.1, 0.15) is 0 Å². The first-order chi connectivity index (χ1) is 21.8. The van der Waals surface area contributed by atoms with Gasteiger partial charge in [-0.05, 0) is 37.1 Å². The van der Waals surface area contributed by atoms with Crippen LogP contribution in [0.1, 0.15) is 0 Å². The first-order valence-electron chi connectivity index (χ1n) is 14.9. The summed E-state index contributed by atoms with van der Waals surface area (Å²) >= 11 is 0. The molecule has 0 aliphatic heterocycles. The number of benzene rings is 6. The van der Waals surface area contributed by atoms with Crippen LogP contribution in [-0.4, -0.2) is 0 Å². The molecule has 214 valence electrons. The average molecular weight is 647 g/mol. The van der Waals surface area contributed by atoms with Crippen molar-refractivity contribution in [3.05, 3.63) is 194 Å². The fraction of sp³-hybridized carbons (Fsp3) is 0. The van der Waals surface area contributed by atoms with Crippen LogP contribution in [0.15, 0.2) is 194 Å². The number of hydrogen-bond acceptors (Lipinski definition) is 0. The molecule has 8 aromatic rings. The summed E-state index contributed by atoms with van der Waals surface area (Å²) in [5, 5.41) is 13.8. The Morgan fingerprint density at radius 2 is 0.578 bits per heavy atom. The molecular weight excluding hydrogens is 614 g/mol. The van der Waals surface area contributed by atoms with Gasteiger partial charge in [0.2, 0.25) is 0 Å². The van der Waals surface area contributed by atoms with Gasteiger partial charge in [-0.15, -0.1) is 80.7 Å². The Morgan fingerprint density at radius 3 is 0.867 bits per heavy atom. The topological polar surface area (TPSA) is 0 Å². The second kappa shape index (κ2) is 14.9. The van der Waals surface area contributed by atoms with E-state index >= 15 is 0 Å². The number of hydrogen-bond donors (Lipinski definition) is 0. The van der Waals surface area contributed by atoms with Gasteiger partial charge < -0.3 is 0 Å². The molecule has 8 aromatic carbocycles. The molecule has 3 heteroatoms. The molecule has 0 nitrogen and oxygen atoms in total. The van der Waals surface area contributed by atoms with Crippen molar-refractivity contribution in [2.45, 2.75) is 0 Å². The largest absolute Gasteiger partial charge is 2.00 e. The van der Waals surface area contributed by atoms with E-state index in [1.807, 2.05) is 0 Å². The second-order valence-electron chi connectivity index (χ2n) is 10.7. The molecule has 0 bridgehead atoms. The fourth-order valence-electron chi connectivity index (χ4n) is 5.73. The van der Waals surface area contributed by atoms with Crippen molar-refractivity contribution in [3.63, 3.8) is 0 Å². The molecule has 0 fully saturated rings. The van der Waals surface area contributed by atoms with Gasteiger partial charge in [0.15, 0.2) is 0 Å². The van der Waals surface area contributed by atoms with Gasteiger partial charge in [-0.2, -0.15) is 12.1 Å². The van der Waals surface area contributed by atoms with Gasteiger partial charge in [0.25, 0.3) is 0 Å². The van der Waals surface area contributed by atoms with E-state index in [0.29, 0.717) is 0 Å². The van der Waals surface area contributed by atoms with Crippen molar-refractivity contribution in [2.75, 3.05) is 0 Å². The van der Waals surface area contributed by atoms with Gasteiger partial charge >= 0.3 is 21.7 Å². The van der Waals surface area contributed by atoms with Gasteiger partial charge in [-0.25, -0.2) is 0 Å². The summed E-state index contributed by atoms with van der Waals surface area (Å²) in [7, 11) is -0.986. The van der Waals surface area contributed by atoms with E-state index in [0.717, 1.165) is 0 Å². The summed E-state index contributed by atoms with van der Waals surface area (Å²) in [5.74, 6) is 0. The van der Waals surface area contributed by atoms with Crippen LogP contribution in [0.3, 0.4) is 0 Å². The minimum Gasteiger partial charge on any atom is -0.160 e.